The second-order valence-corrected chi connectivity index (χ2v) is 5.63. The smallest absolute Gasteiger partial charge is 0.258 e. The Labute approximate surface area is 94.0 Å². The number of aliphatic hydroxyl groups excluding tert-OH is 1. The Kier molecular flexibility index (Phi) is 3.67. The average Bonchev–Trinajstić information content (AvgIpc) is 2.48. The van der Waals surface area contributed by atoms with Crippen LogP contribution in [0.4, 0.5) is 0 Å². The molecular formula is C9H15Cl2NO2. The number of carbonyl (C=O) groups is 1. The van der Waals surface area contributed by atoms with Gasteiger partial charge >= 0.3 is 0 Å². The first-order valence-electron chi connectivity index (χ1n) is 4.67. The van der Waals surface area contributed by atoms with Crippen LogP contribution in [0.25, 0.3) is 0 Å². The maximum absolute atomic E-state index is 11.6. The first kappa shape index (κ1) is 12.1. The van der Waals surface area contributed by atoms with E-state index in [1.165, 1.54) is 6.92 Å². The zero-order valence-electron chi connectivity index (χ0n) is 8.33. The standard InChI is InChI=1S/C9H15Cl2NO2/c1-6(13)7-3-4-12(5-7)8(14)9(2,10)11/h6-7,13H,3-5H2,1-2H3. The number of hydrogen-bond donors (Lipinski definition) is 1. The molecule has 0 aromatic carbocycles. The van der Waals surface area contributed by atoms with Gasteiger partial charge in [0.25, 0.3) is 5.91 Å². The summed E-state index contributed by atoms with van der Waals surface area (Å²) >= 11 is 11.4. The van der Waals surface area contributed by atoms with E-state index < -0.39 is 4.33 Å². The van der Waals surface area contributed by atoms with Crippen LogP contribution in [0.2, 0.25) is 0 Å². The lowest BCUT2D eigenvalue weighted by Crippen LogP contribution is -2.39. The number of alkyl halides is 2. The fourth-order valence-electron chi connectivity index (χ4n) is 1.64. The van der Waals surface area contributed by atoms with Gasteiger partial charge in [-0.05, 0) is 20.3 Å². The van der Waals surface area contributed by atoms with Crippen molar-refractivity contribution in [1.29, 1.82) is 0 Å². The summed E-state index contributed by atoms with van der Waals surface area (Å²) in [6.45, 7) is 4.38. The SMILES string of the molecule is CC(O)C1CCN(C(=O)C(C)(Cl)Cl)C1. The van der Waals surface area contributed by atoms with E-state index in [9.17, 15) is 9.90 Å². The van der Waals surface area contributed by atoms with Gasteiger partial charge in [0.05, 0.1) is 6.10 Å². The lowest BCUT2D eigenvalue weighted by Gasteiger charge is -2.22. The minimum atomic E-state index is -1.35. The molecular weight excluding hydrogens is 225 g/mol. The van der Waals surface area contributed by atoms with E-state index in [1.54, 1.807) is 11.8 Å². The molecule has 1 aliphatic rings. The molecule has 1 rings (SSSR count). The summed E-state index contributed by atoms with van der Waals surface area (Å²) in [5.74, 6) is -0.126. The molecule has 2 unspecified atom stereocenters. The Morgan fingerprint density at radius 2 is 2.21 bits per heavy atom. The monoisotopic (exact) mass is 239 g/mol. The van der Waals surface area contributed by atoms with Gasteiger partial charge in [0, 0.05) is 19.0 Å². The van der Waals surface area contributed by atoms with E-state index in [2.05, 4.69) is 0 Å². The summed E-state index contributed by atoms with van der Waals surface area (Å²) in [5.41, 5.74) is 0. The molecule has 1 aliphatic heterocycles. The summed E-state index contributed by atoms with van der Waals surface area (Å²) in [6.07, 6.45) is 0.428. The topological polar surface area (TPSA) is 40.5 Å². The van der Waals surface area contributed by atoms with Gasteiger partial charge in [0.15, 0.2) is 4.33 Å². The van der Waals surface area contributed by atoms with E-state index in [-0.39, 0.29) is 17.9 Å². The van der Waals surface area contributed by atoms with Crippen molar-refractivity contribution in [2.75, 3.05) is 13.1 Å². The molecule has 1 fully saturated rings. The molecule has 1 N–H and O–H groups in total. The van der Waals surface area contributed by atoms with E-state index in [4.69, 9.17) is 23.2 Å². The molecule has 0 bridgehead atoms. The van der Waals surface area contributed by atoms with Gasteiger partial charge in [-0.25, -0.2) is 0 Å². The van der Waals surface area contributed by atoms with Crippen LogP contribution in [-0.4, -0.2) is 39.4 Å². The maximum Gasteiger partial charge on any atom is 0.258 e. The number of likely N-dealkylation sites (tertiary alicyclic amines) is 1. The third-order valence-corrected chi connectivity index (χ3v) is 2.89. The summed E-state index contributed by atoms with van der Waals surface area (Å²) in [5, 5.41) is 9.35. The van der Waals surface area contributed by atoms with Crippen LogP contribution in [0.15, 0.2) is 0 Å². The van der Waals surface area contributed by atoms with Crippen LogP contribution >= 0.6 is 23.2 Å². The lowest BCUT2D eigenvalue weighted by molar-refractivity contribution is -0.130. The second kappa shape index (κ2) is 4.25. The number of hydrogen-bond acceptors (Lipinski definition) is 2. The van der Waals surface area contributed by atoms with Crippen molar-refractivity contribution in [3.63, 3.8) is 0 Å². The molecule has 82 valence electrons. The summed E-state index contributed by atoms with van der Waals surface area (Å²) in [6, 6.07) is 0. The van der Waals surface area contributed by atoms with Gasteiger partial charge in [-0.15, -0.1) is 0 Å². The van der Waals surface area contributed by atoms with Crippen molar-refractivity contribution < 1.29 is 9.90 Å². The number of rotatable bonds is 2. The Hall–Kier alpha value is 0.01000. The summed E-state index contributed by atoms with van der Waals surface area (Å²) < 4.78 is -1.35. The van der Waals surface area contributed by atoms with E-state index in [0.29, 0.717) is 13.1 Å². The van der Waals surface area contributed by atoms with Crippen LogP contribution in [-0.2, 0) is 4.79 Å². The zero-order chi connectivity index (χ0) is 10.9. The molecule has 1 heterocycles. The third-order valence-electron chi connectivity index (χ3n) is 2.57. The van der Waals surface area contributed by atoms with Crippen LogP contribution in [0, 0.1) is 5.92 Å². The molecule has 0 aromatic rings. The molecule has 0 radical (unpaired) electrons. The summed E-state index contributed by atoms with van der Waals surface area (Å²) in [4.78, 5) is 13.2. The number of aliphatic hydroxyl groups is 1. The normalized spacial score (nSPS) is 25.2. The van der Waals surface area contributed by atoms with Crippen LogP contribution < -0.4 is 0 Å². The minimum Gasteiger partial charge on any atom is -0.393 e. The van der Waals surface area contributed by atoms with E-state index in [1.807, 2.05) is 0 Å². The number of carbonyl (C=O) groups excluding carboxylic acids is 1. The minimum absolute atomic E-state index is 0.148. The van der Waals surface area contributed by atoms with Crippen molar-refractivity contribution in [3.8, 4) is 0 Å². The van der Waals surface area contributed by atoms with Gasteiger partial charge < -0.3 is 10.0 Å². The Bertz CT molecular complexity index is 225. The van der Waals surface area contributed by atoms with Crippen molar-refractivity contribution >= 4 is 29.1 Å². The second-order valence-electron chi connectivity index (χ2n) is 3.93. The van der Waals surface area contributed by atoms with Gasteiger partial charge in [-0.2, -0.15) is 0 Å². The van der Waals surface area contributed by atoms with Crippen molar-refractivity contribution in [1.82, 2.24) is 4.90 Å². The molecule has 2 atom stereocenters. The quantitative estimate of drug-likeness (QED) is 0.741. The number of nitrogens with zero attached hydrogens (tertiary/aromatic N) is 1. The first-order valence-corrected chi connectivity index (χ1v) is 5.43. The molecule has 0 saturated carbocycles. The molecule has 1 amide bonds. The third kappa shape index (κ3) is 2.75. The van der Waals surface area contributed by atoms with Gasteiger partial charge in [0.2, 0.25) is 0 Å². The summed E-state index contributed by atoms with van der Waals surface area (Å²) in [7, 11) is 0. The highest BCUT2D eigenvalue weighted by atomic mass is 35.5. The lowest BCUT2D eigenvalue weighted by atomic mass is 10.0. The van der Waals surface area contributed by atoms with Gasteiger partial charge in [0.1, 0.15) is 0 Å². The predicted molar refractivity (Wildman–Crippen MR) is 56.5 cm³/mol. The largest absolute Gasteiger partial charge is 0.393 e. The Morgan fingerprint density at radius 3 is 2.57 bits per heavy atom. The highest BCUT2D eigenvalue weighted by Gasteiger charge is 2.37. The average molecular weight is 240 g/mol. The van der Waals surface area contributed by atoms with Gasteiger partial charge in [-0.3, -0.25) is 4.79 Å². The van der Waals surface area contributed by atoms with Crippen LogP contribution in [0.3, 0.4) is 0 Å². The predicted octanol–water partition coefficient (Wildman–Crippen LogP) is 1.41. The Balaban J connectivity index is 2.54. The molecule has 5 heteroatoms. The van der Waals surface area contributed by atoms with E-state index >= 15 is 0 Å². The molecule has 0 aromatic heterocycles. The molecule has 14 heavy (non-hydrogen) atoms. The highest BCUT2D eigenvalue weighted by molar-refractivity contribution is 6.57. The fourth-order valence-corrected chi connectivity index (χ4v) is 1.88. The van der Waals surface area contributed by atoms with Crippen molar-refractivity contribution in [2.24, 2.45) is 5.92 Å². The molecule has 0 spiro atoms. The van der Waals surface area contributed by atoms with Crippen LogP contribution in [0.5, 0.6) is 0 Å². The maximum atomic E-state index is 11.6. The molecule has 0 aliphatic carbocycles. The number of halogens is 2. The molecule has 3 nitrogen and oxygen atoms in total. The fraction of sp³-hybridized carbons (Fsp3) is 0.889. The van der Waals surface area contributed by atoms with Crippen molar-refractivity contribution in [3.05, 3.63) is 0 Å². The first-order chi connectivity index (χ1) is 6.32. The van der Waals surface area contributed by atoms with E-state index in [0.717, 1.165) is 6.42 Å². The number of amides is 1. The van der Waals surface area contributed by atoms with Crippen LogP contribution in [0.1, 0.15) is 20.3 Å². The Morgan fingerprint density at radius 1 is 1.64 bits per heavy atom. The van der Waals surface area contributed by atoms with Crippen molar-refractivity contribution in [2.45, 2.75) is 30.7 Å². The van der Waals surface area contributed by atoms with Gasteiger partial charge in [-0.1, -0.05) is 23.2 Å². The molecule has 1 saturated heterocycles. The highest BCUT2D eigenvalue weighted by Crippen LogP contribution is 2.27. The zero-order valence-corrected chi connectivity index (χ0v) is 9.85.